The second-order valence-corrected chi connectivity index (χ2v) is 7.32. The normalized spacial score (nSPS) is 11.8. The van der Waals surface area contributed by atoms with Gasteiger partial charge in [0.15, 0.2) is 11.5 Å². The molecular weight excluding hydrogens is 408 g/mol. The summed E-state index contributed by atoms with van der Waals surface area (Å²) in [5.74, 6) is 1.66. The molecule has 1 amide bonds. The van der Waals surface area contributed by atoms with Gasteiger partial charge in [0.25, 0.3) is 5.91 Å². The zero-order chi connectivity index (χ0) is 22.3. The first-order chi connectivity index (χ1) is 15.6. The monoisotopic (exact) mass is 432 g/mol. The van der Waals surface area contributed by atoms with Crippen LogP contribution in [0, 0.1) is 0 Å². The Balaban J connectivity index is 1.38. The third-order valence-electron chi connectivity index (χ3n) is 4.84. The van der Waals surface area contributed by atoms with Gasteiger partial charge in [0.1, 0.15) is 11.8 Å². The van der Waals surface area contributed by atoms with Gasteiger partial charge in [-0.2, -0.15) is 4.98 Å². The molecule has 2 heterocycles. The summed E-state index contributed by atoms with van der Waals surface area (Å²) in [6.45, 7) is 4.57. The highest BCUT2D eigenvalue weighted by molar-refractivity contribution is 5.93. The van der Waals surface area contributed by atoms with Gasteiger partial charge in [-0.15, -0.1) is 0 Å². The summed E-state index contributed by atoms with van der Waals surface area (Å²) in [4.78, 5) is 17.0. The van der Waals surface area contributed by atoms with Crippen LogP contribution in [0.3, 0.4) is 0 Å². The van der Waals surface area contributed by atoms with Gasteiger partial charge in [-0.1, -0.05) is 54.0 Å². The number of ether oxygens (including phenoxy) is 1. The first-order valence-electron chi connectivity index (χ1n) is 10.5. The van der Waals surface area contributed by atoms with Crippen LogP contribution in [0.2, 0.25) is 0 Å². The second-order valence-electron chi connectivity index (χ2n) is 7.32. The SMILES string of the molecule is CCCCOc1ccc(-c2cc(C(=O)NC(C)c3nc(-c4ccccc4)no3)no2)cc1. The molecule has 0 saturated heterocycles. The van der Waals surface area contributed by atoms with Gasteiger partial charge in [-0.3, -0.25) is 4.79 Å². The molecule has 4 rings (SSSR count). The Morgan fingerprint density at radius 3 is 2.56 bits per heavy atom. The molecule has 1 N–H and O–H groups in total. The quantitative estimate of drug-likeness (QED) is 0.369. The molecule has 1 atom stereocenters. The smallest absolute Gasteiger partial charge is 0.274 e. The molecule has 8 nitrogen and oxygen atoms in total. The number of hydrogen-bond acceptors (Lipinski definition) is 7. The van der Waals surface area contributed by atoms with Crippen LogP contribution < -0.4 is 10.1 Å². The molecule has 32 heavy (non-hydrogen) atoms. The van der Waals surface area contributed by atoms with Gasteiger partial charge in [-0.05, 0) is 37.6 Å². The molecule has 2 aromatic heterocycles. The van der Waals surface area contributed by atoms with Gasteiger partial charge in [0, 0.05) is 17.2 Å². The molecule has 164 valence electrons. The van der Waals surface area contributed by atoms with E-state index >= 15 is 0 Å². The molecule has 0 fully saturated rings. The fourth-order valence-corrected chi connectivity index (χ4v) is 3.02. The molecular formula is C24H24N4O4. The molecule has 8 heteroatoms. The average Bonchev–Trinajstić information content (AvgIpc) is 3.51. The molecule has 0 bridgehead atoms. The maximum atomic E-state index is 12.6. The highest BCUT2D eigenvalue weighted by atomic mass is 16.5. The van der Waals surface area contributed by atoms with Crippen LogP contribution in [0.25, 0.3) is 22.7 Å². The summed E-state index contributed by atoms with van der Waals surface area (Å²) in [5.41, 5.74) is 1.80. The Morgan fingerprint density at radius 2 is 1.81 bits per heavy atom. The number of unbranched alkanes of at least 4 members (excludes halogenated alkanes) is 1. The summed E-state index contributed by atoms with van der Waals surface area (Å²) < 4.78 is 16.3. The molecule has 0 radical (unpaired) electrons. The van der Waals surface area contributed by atoms with Crippen LogP contribution >= 0.6 is 0 Å². The minimum Gasteiger partial charge on any atom is -0.494 e. The molecule has 0 aliphatic rings. The lowest BCUT2D eigenvalue weighted by atomic mass is 10.1. The molecule has 4 aromatic rings. The van der Waals surface area contributed by atoms with E-state index in [1.165, 1.54) is 0 Å². The van der Waals surface area contributed by atoms with Gasteiger partial charge in [-0.25, -0.2) is 0 Å². The standard InChI is InChI=1S/C24H24N4O4/c1-3-4-14-30-19-12-10-17(11-13-19)21-15-20(27-31-21)23(29)25-16(2)24-26-22(28-32-24)18-8-6-5-7-9-18/h5-13,15-16H,3-4,14H2,1-2H3,(H,25,29). The Hall–Kier alpha value is -3.94. The van der Waals surface area contributed by atoms with Crippen LogP contribution in [-0.4, -0.2) is 27.8 Å². The fraction of sp³-hybridized carbons (Fsp3) is 0.250. The Kier molecular flexibility index (Phi) is 6.60. The maximum Gasteiger partial charge on any atom is 0.274 e. The van der Waals surface area contributed by atoms with Crippen molar-refractivity contribution < 1.29 is 18.6 Å². The maximum absolute atomic E-state index is 12.6. The van der Waals surface area contributed by atoms with Crippen LogP contribution in [0.1, 0.15) is 49.1 Å². The number of benzene rings is 2. The highest BCUT2D eigenvalue weighted by Crippen LogP contribution is 2.24. The minimum atomic E-state index is -0.493. The number of rotatable bonds is 9. The Morgan fingerprint density at radius 1 is 1.03 bits per heavy atom. The molecule has 0 aliphatic heterocycles. The fourth-order valence-electron chi connectivity index (χ4n) is 3.02. The van der Waals surface area contributed by atoms with Crippen molar-refractivity contribution in [3.05, 3.63) is 72.2 Å². The summed E-state index contributed by atoms with van der Waals surface area (Å²) in [6, 6.07) is 18.1. The van der Waals surface area contributed by atoms with Gasteiger partial charge < -0.3 is 19.1 Å². The largest absolute Gasteiger partial charge is 0.494 e. The van der Waals surface area contributed by atoms with Crippen molar-refractivity contribution in [1.82, 2.24) is 20.6 Å². The molecule has 0 aliphatic carbocycles. The number of carbonyl (C=O) groups excluding carboxylic acids is 1. The van der Waals surface area contributed by atoms with Crippen LogP contribution in [0.15, 0.2) is 69.7 Å². The summed E-state index contributed by atoms with van der Waals surface area (Å²) in [5, 5.41) is 10.7. The van der Waals surface area contributed by atoms with Gasteiger partial charge >= 0.3 is 0 Å². The van der Waals surface area contributed by atoms with Crippen molar-refractivity contribution in [2.45, 2.75) is 32.7 Å². The predicted molar refractivity (Wildman–Crippen MR) is 118 cm³/mol. The number of nitrogens with zero attached hydrogens (tertiary/aromatic N) is 3. The Bertz CT molecular complexity index is 1150. The van der Waals surface area contributed by atoms with Crippen molar-refractivity contribution in [2.24, 2.45) is 0 Å². The van der Waals surface area contributed by atoms with Crippen LogP contribution in [0.5, 0.6) is 5.75 Å². The van der Waals surface area contributed by atoms with Gasteiger partial charge in [0.2, 0.25) is 11.7 Å². The third-order valence-corrected chi connectivity index (χ3v) is 4.84. The Labute approximate surface area is 185 Å². The highest BCUT2D eigenvalue weighted by Gasteiger charge is 2.20. The number of hydrogen-bond donors (Lipinski definition) is 1. The molecule has 0 saturated carbocycles. The molecule has 1 unspecified atom stereocenters. The third kappa shape index (κ3) is 5.03. The van der Waals surface area contributed by atoms with E-state index in [2.05, 4.69) is 27.5 Å². The average molecular weight is 432 g/mol. The van der Waals surface area contributed by atoms with E-state index in [9.17, 15) is 4.79 Å². The number of nitrogens with one attached hydrogen (secondary N) is 1. The topological polar surface area (TPSA) is 103 Å². The van der Waals surface area contributed by atoms with Crippen molar-refractivity contribution in [3.63, 3.8) is 0 Å². The predicted octanol–water partition coefficient (Wildman–Crippen LogP) is 5.06. The van der Waals surface area contributed by atoms with E-state index in [0.29, 0.717) is 24.1 Å². The van der Waals surface area contributed by atoms with E-state index in [4.69, 9.17) is 13.8 Å². The van der Waals surface area contributed by atoms with E-state index < -0.39 is 11.9 Å². The van der Waals surface area contributed by atoms with E-state index in [-0.39, 0.29) is 5.69 Å². The molecule has 2 aromatic carbocycles. The number of amides is 1. The van der Waals surface area contributed by atoms with E-state index in [0.717, 1.165) is 29.7 Å². The first kappa shape index (κ1) is 21.3. The zero-order valence-corrected chi connectivity index (χ0v) is 17.9. The van der Waals surface area contributed by atoms with Crippen molar-refractivity contribution in [3.8, 4) is 28.5 Å². The summed E-state index contributed by atoms with van der Waals surface area (Å²) in [6.07, 6.45) is 2.10. The second kappa shape index (κ2) is 9.91. The lowest BCUT2D eigenvalue weighted by Crippen LogP contribution is -2.27. The minimum absolute atomic E-state index is 0.165. The van der Waals surface area contributed by atoms with Gasteiger partial charge in [0.05, 0.1) is 6.61 Å². The van der Waals surface area contributed by atoms with E-state index in [1.807, 2.05) is 54.6 Å². The lowest BCUT2D eigenvalue weighted by molar-refractivity contribution is 0.0923. The van der Waals surface area contributed by atoms with E-state index in [1.54, 1.807) is 13.0 Å². The first-order valence-corrected chi connectivity index (χ1v) is 10.5. The zero-order valence-electron chi connectivity index (χ0n) is 17.9. The van der Waals surface area contributed by atoms with Crippen molar-refractivity contribution in [1.29, 1.82) is 0 Å². The summed E-state index contributed by atoms with van der Waals surface area (Å²) >= 11 is 0. The number of carbonyl (C=O) groups is 1. The number of aromatic nitrogens is 3. The van der Waals surface area contributed by atoms with Crippen LogP contribution in [-0.2, 0) is 0 Å². The van der Waals surface area contributed by atoms with Crippen molar-refractivity contribution >= 4 is 5.91 Å². The summed E-state index contributed by atoms with van der Waals surface area (Å²) in [7, 11) is 0. The van der Waals surface area contributed by atoms with Crippen molar-refractivity contribution in [2.75, 3.05) is 6.61 Å². The lowest BCUT2D eigenvalue weighted by Gasteiger charge is -2.07. The van der Waals surface area contributed by atoms with Crippen LogP contribution in [0.4, 0.5) is 0 Å². The molecule has 0 spiro atoms.